The summed E-state index contributed by atoms with van der Waals surface area (Å²) in [6.07, 6.45) is 3.75. The Bertz CT molecular complexity index is 766. The molecule has 20 heavy (non-hydrogen) atoms. The van der Waals surface area contributed by atoms with Crippen LogP contribution in [0.4, 0.5) is 0 Å². The van der Waals surface area contributed by atoms with Crippen LogP contribution >= 0.6 is 0 Å². The van der Waals surface area contributed by atoms with Crippen molar-refractivity contribution in [3.8, 4) is 0 Å². The standard InChI is InChI=1S/C19H19N/c1-13-7-2-3-8-14(13)16-10-6-11-17-15-9-4-5-12-18(15)20-19(16)17/h2-5,7-9,12,16,20H,6,10-11H2,1H3. The maximum Gasteiger partial charge on any atom is 0.0459 e. The Labute approximate surface area is 119 Å². The van der Waals surface area contributed by atoms with Crippen LogP contribution in [0.2, 0.25) is 0 Å². The third kappa shape index (κ3) is 1.70. The van der Waals surface area contributed by atoms with Crippen LogP contribution in [0.5, 0.6) is 0 Å². The van der Waals surface area contributed by atoms with E-state index in [1.165, 1.54) is 47.0 Å². The Hall–Kier alpha value is -2.02. The van der Waals surface area contributed by atoms with E-state index in [2.05, 4.69) is 60.4 Å². The van der Waals surface area contributed by atoms with Crippen LogP contribution in [0.15, 0.2) is 48.5 Å². The van der Waals surface area contributed by atoms with Gasteiger partial charge in [-0.1, -0.05) is 42.5 Å². The molecule has 1 N–H and O–H groups in total. The molecule has 1 heteroatoms. The molecule has 4 rings (SSSR count). The minimum atomic E-state index is 0.535. The van der Waals surface area contributed by atoms with E-state index in [9.17, 15) is 0 Å². The number of hydrogen-bond donors (Lipinski definition) is 1. The zero-order chi connectivity index (χ0) is 13.5. The van der Waals surface area contributed by atoms with E-state index in [0.29, 0.717) is 5.92 Å². The van der Waals surface area contributed by atoms with Gasteiger partial charge in [-0.2, -0.15) is 0 Å². The molecule has 0 fully saturated rings. The van der Waals surface area contributed by atoms with Crippen molar-refractivity contribution in [1.82, 2.24) is 4.98 Å². The zero-order valence-electron chi connectivity index (χ0n) is 11.8. The summed E-state index contributed by atoms with van der Waals surface area (Å²) in [6.45, 7) is 2.23. The molecule has 1 nitrogen and oxygen atoms in total. The third-order valence-electron chi connectivity index (χ3n) is 4.68. The lowest BCUT2D eigenvalue weighted by Crippen LogP contribution is -2.11. The first-order chi connectivity index (χ1) is 9.84. The number of rotatable bonds is 1. The van der Waals surface area contributed by atoms with Gasteiger partial charge in [-0.05, 0) is 48.9 Å². The first kappa shape index (κ1) is 11.8. The lowest BCUT2D eigenvalue weighted by Gasteiger charge is -2.24. The number of hydrogen-bond acceptors (Lipinski definition) is 0. The molecule has 1 atom stereocenters. The van der Waals surface area contributed by atoms with Gasteiger partial charge in [0.05, 0.1) is 0 Å². The van der Waals surface area contributed by atoms with Gasteiger partial charge in [0.25, 0.3) is 0 Å². The molecule has 0 amide bonds. The molecule has 1 aromatic heterocycles. The number of nitrogens with one attached hydrogen (secondary N) is 1. The third-order valence-corrected chi connectivity index (χ3v) is 4.68. The fourth-order valence-electron chi connectivity index (χ4n) is 3.70. The highest BCUT2D eigenvalue weighted by atomic mass is 14.7. The molecule has 0 radical (unpaired) electrons. The highest BCUT2D eigenvalue weighted by molar-refractivity contribution is 5.85. The predicted octanol–water partition coefficient (Wildman–Crippen LogP) is 4.94. The summed E-state index contributed by atoms with van der Waals surface area (Å²) in [5, 5.41) is 1.42. The number of benzene rings is 2. The molecular formula is C19H19N. The molecule has 0 aliphatic heterocycles. The minimum absolute atomic E-state index is 0.535. The maximum absolute atomic E-state index is 3.69. The Morgan fingerprint density at radius 2 is 1.80 bits per heavy atom. The summed E-state index contributed by atoms with van der Waals surface area (Å²) < 4.78 is 0. The van der Waals surface area contributed by atoms with E-state index in [0.717, 1.165) is 0 Å². The van der Waals surface area contributed by atoms with Crippen molar-refractivity contribution in [2.45, 2.75) is 32.1 Å². The quantitative estimate of drug-likeness (QED) is 0.638. The molecule has 2 aromatic carbocycles. The number of aromatic nitrogens is 1. The van der Waals surface area contributed by atoms with Crippen LogP contribution in [0.25, 0.3) is 10.9 Å². The molecule has 0 bridgehead atoms. The van der Waals surface area contributed by atoms with Crippen molar-refractivity contribution < 1.29 is 0 Å². The summed E-state index contributed by atoms with van der Waals surface area (Å²) in [6, 6.07) is 17.5. The summed E-state index contributed by atoms with van der Waals surface area (Å²) >= 11 is 0. The normalized spacial score (nSPS) is 18.1. The van der Waals surface area contributed by atoms with E-state index in [1.807, 2.05) is 0 Å². The van der Waals surface area contributed by atoms with Crippen molar-refractivity contribution in [2.24, 2.45) is 0 Å². The van der Waals surface area contributed by atoms with Gasteiger partial charge in [0.2, 0.25) is 0 Å². The number of fused-ring (bicyclic) bond motifs is 3. The Morgan fingerprint density at radius 3 is 2.70 bits per heavy atom. The largest absolute Gasteiger partial charge is 0.358 e. The average molecular weight is 261 g/mol. The lowest BCUT2D eigenvalue weighted by atomic mass is 9.81. The second-order valence-electron chi connectivity index (χ2n) is 5.86. The Kier molecular flexibility index (Phi) is 2.66. The van der Waals surface area contributed by atoms with Gasteiger partial charge in [-0.25, -0.2) is 0 Å². The maximum atomic E-state index is 3.69. The lowest BCUT2D eigenvalue weighted by molar-refractivity contribution is 0.606. The first-order valence-electron chi connectivity index (χ1n) is 7.49. The highest BCUT2D eigenvalue weighted by Crippen LogP contribution is 2.40. The molecule has 0 saturated heterocycles. The Balaban J connectivity index is 1.92. The van der Waals surface area contributed by atoms with E-state index in [4.69, 9.17) is 0 Å². The molecule has 1 unspecified atom stereocenters. The molecule has 3 aromatic rings. The van der Waals surface area contributed by atoms with Gasteiger partial charge in [0, 0.05) is 22.5 Å². The number of para-hydroxylation sites is 1. The van der Waals surface area contributed by atoms with Crippen LogP contribution in [-0.2, 0) is 6.42 Å². The molecule has 0 saturated carbocycles. The van der Waals surface area contributed by atoms with Crippen molar-refractivity contribution in [3.05, 3.63) is 70.9 Å². The van der Waals surface area contributed by atoms with E-state index in [-0.39, 0.29) is 0 Å². The second-order valence-corrected chi connectivity index (χ2v) is 5.86. The van der Waals surface area contributed by atoms with E-state index >= 15 is 0 Å². The van der Waals surface area contributed by atoms with Crippen LogP contribution in [0.3, 0.4) is 0 Å². The summed E-state index contributed by atoms with van der Waals surface area (Å²) in [7, 11) is 0. The zero-order valence-corrected chi connectivity index (χ0v) is 11.8. The monoisotopic (exact) mass is 261 g/mol. The summed E-state index contributed by atoms with van der Waals surface area (Å²) in [5.74, 6) is 0.535. The second kappa shape index (κ2) is 4.52. The minimum Gasteiger partial charge on any atom is -0.358 e. The van der Waals surface area contributed by atoms with Crippen molar-refractivity contribution in [1.29, 1.82) is 0 Å². The molecule has 1 aliphatic carbocycles. The van der Waals surface area contributed by atoms with Crippen molar-refractivity contribution in [2.75, 3.05) is 0 Å². The topological polar surface area (TPSA) is 15.8 Å². The SMILES string of the molecule is Cc1ccccc1C1CCCc2c1[nH]c1ccccc21. The van der Waals surface area contributed by atoms with Gasteiger partial charge in [-0.15, -0.1) is 0 Å². The summed E-state index contributed by atoms with van der Waals surface area (Å²) in [4.78, 5) is 3.69. The van der Waals surface area contributed by atoms with Crippen molar-refractivity contribution in [3.63, 3.8) is 0 Å². The van der Waals surface area contributed by atoms with Gasteiger partial charge in [0.15, 0.2) is 0 Å². The molecule has 0 spiro atoms. The molecule has 1 heterocycles. The molecule has 100 valence electrons. The summed E-state index contributed by atoms with van der Waals surface area (Å²) in [5.41, 5.74) is 7.17. The van der Waals surface area contributed by atoms with E-state index in [1.54, 1.807) is 5.56 Å². The van der Waals surface area contributed by atoms with Crippen LogP contribution < -0.4 is 0 Å². The smallest absolute Gasteiger partial charge is 0.0459 e. The van der Waals surface area contributed by atoms with Gasteiger partial charge < -0.3 is 4.98 Å². The number of aromatic amines is 1. The fourth-order valence-corrected chi connectivity index (χ4v) is 3.70. The van der Waals surface area contributed by atoms with Crippen LogP contribution in [0.1, 0.15) is 41.1 Å². The van der Waals surface area contributed by atoms with Crippen LogP contribution in [0, 0.1) is 6.92 Å². The number of aryl methyl sites for hydroxylation is 2. The van der Waals surface area contributed by atoms with Crippen molar-refractivity contribution >= 4 is 10.9 Å². The first-order valence-corrected chi connectivity index (χ1v) is 7.49. The average Bonchev–Trinajstić information content (AvgIpc) is 2.86. The van der Waals surface area contributed by atoms with E-state index < -0.39 is 0 Å². The predicted molar refractivity (Wildman–Crippen MR) is 84.3 cm³/mol. The highest BCUT2D eigenvalue weighted by Gasteiger charge is 2.26. The molecular weight excluding hydrogens is 242 g/mol. The molecule has 1 aliphatic rings. The van der Waals surface area contributed by atoms with Gasteiger partial charge in [0.1, 0.15) is 0 Å². The van der Waals surface area contributed by atoms with Gasteiger partial charge in [-0.3, -0.25) is 0 Å². The van der Waals surface area contributed by atoms with Crippen LogP contribution in [-0.4, -0.2) is 4.98 Å². The fraction of sp³-hybridized carbons (Fsp3) is 0.263. The van der Waals surface area contributed by atoms with Gasteiger partial charge >= 0.3 is 0 Å². The Morgan fingerprint density at radius 1 is 1.00 bits per heavy atom. The number of H-pyrrole nitrogens is 1.